The van der Waals surface area contributed by atoms with Gasteiger partial charge in [0.2, 0.25) is 0 Å². The first-order chi connectivity index (χ1) is 8.72. The smallest absolute Gasteiger partial charge is 0.306 e. The molecule has 0 aromatic heterocycles. The maximum absolute atomic E-state index is 11.0. The number of aryl methyl sites for hydroxylation is 1. The van der Waals surface area contributed by atoms with E-state index in [1.807, 2.05) is 0 Å². The number of carboxylic acids is 1. The van der Waals surface area contributed by atoms with Crippen molar-refractivity contribution in [3.63, 3.8) is 0 Å². The van der Waals surface area contributed by atoms with Crippen LogP contribution < -0.4 is 0 Å². The lowest BCUT2D eigenvalue weighted by Gasteiger charge is -2.28. The zero-order valence-electron chi connectivity index (χ0n) is 11.1. The molecule has 1 fully saturated rings. The van der Waals surface area contributed by atoms with Crippen LogP contribution in [0.4, 0.5) is 0 Å². The normalized spacial score (nSPS) is 23.8. The van der Waals surface area contributed by atoms with Crippen LogP contribution in [0.1, 0.15) is 56.1 Å². The predicted octanol–water partition coefficient (Wildman–Crippen LogP) is 4.00. The molecule has 0 saturated heterocycles. The highest BCUT2D eigenvalue weighted by molar-refractivity contribution is 5.70. The summed E-state index contributed by atoms with van der Waals surface area (Å²) in [4.78, 5) is 11.0. The summed E-state index contributed by atoms with van der Waals surface area (Å²) in [6, 6.07) is 8.67. The van der Waals surface area contributed by atoms with E-state index in [4.69, 9.17) is 5.11 Å². The van der Waals surface area contributed by atoms with Crippen LogP contribution in [0.3, 0.4) is 0 Å². The van der Waals surface area contributed by atoms with Crippen molar-refractivity contribution in [3.05, 3.63) is 35.4 Å². The highest BCUT2D eigenvalue weighted by Crippen LogP contribution is 2.37. The molecule has 0 heterocycles. The average molecular weight is 246 g/mol. The third-order valence-electron chi connectivity index (χ3n) is 4.09. The van der Waals surface area contributed by atoms with Gasteiger partial charge >= 0.3 is 5.97 Å². The van der Waals surface area contributed by atoms with Gasteiger partial charge in [-0.1, -0.05) is 37.6 Å². The summed E-state index contributed by atoms with van der Waals surface area (Å²) in [6.45, 7) is 2.21. The molecular formula is C16H22O2. The third kappa shape index (κ3) is 2.92. The number of rotatable bonds is 4. The van der Waals surface area contributed by atoms with Crippen LogP contribution in [0, 0.1) is 5.92 Å². The van der Waals surface area contributed by atoms with E-state index in [-0.39, 0.29) is 5.92 Å². The highest BCUT2D eigenvalue weighted by atomic mass is 16.4. The van der Waals surface area contributed by atoms with Gasteiger partial charge in [-0.15, -0.1) is 0 Å². The maximum atomic E-state index is 11.0. The second-order valence-electron chi connectivity index (χ2n) is 5.34. The number of hydrogen-bond acceptors (Lipinski definition) is 1. The van der Waals surface area contributed by atoms with Gasteiger partial charge in [0.25, 0.3) is 0 Å². The van der Waals surface area contributed by atoms with Crippen molar-refractivity contribution in [3.8, 4) is 0 Å². The first-order valence-corrected chi connectivity index (χ1v) is 7.03. The van der Waals surface area contributed by atoms with E-state index in [9.17, 15) is 4.79 Å². The molecule has 0 unspecified atom stereocenters. The average Bonchev–Trinajstić information content (AvgIpc) is 2.40. The summed E-state index contributed by atoms with van der Waals surface area (Å²) in [5, 5.41) is 9.03. The monoisotopic (exact) mass is 246 g/mol. The Balaban J connectivity index is 2.07. The molecule has 0 spiro atoms. The van der Waals surface area contributed by atoms with Crippen molar-refractivity contribution in [2.75, 3.05) is 0 Å². The van der Waals surface area contributed by atoms with Gasteiger partial charge in [-0.25, -0.2) is 0 Å². The first kappa shape index (κ1) is 13.1. The van der Waals surface area contributed by atoms with Gasteiger partial charge in [-0.2, -0.15) is 0 Å². The Morgan fingerprint density at radius 3 is 2.50 bits per heavy atom. The Morgan fingerprint density at radius 2 is 1.89 bits per heavy atom. The van der Waals surface area contributed by atoms with Crippen molar-refractivity contribution < 1.29 is 9.90 Å². The van der Waals surface area contributed by atoms with E-state index in [0.29, 0.717) is 5.92 Å². The van der Waals surface area contributed by atoms with Gasteiger partial charge in [0.1, 0.15) is 0 Å². The number of carboxylic acid groups (broad SMARTS) is 1. The minimum atomic E-state index is -0.615. The van der Waals surface area contributed by atoms with Gasteiger partial charge in [-0.3, -0.25) is 4.79 Å². The summed E-state index contributed by atoms with van der Waals surface area (Å²) in [7, 11) is 0. The zero-order valence-corrected chi connectivity index (χ0v) is 11.1. The fraction of sp³-hybridized carbons (Fsp3) is 0.562. The SMILES string of the molecule is CCCc1ccccc1C1CCC(C(=O)O)CC1. The van der Waals surface area contributed by atoms with Gasteiger partial charge in [0.05, 0.1) is 5.92 Å². The number of benzene rings is 1. The summed E-state index contributed by atoms with van der Waals surface area (Å²) in [6.07, 6.45) is 6.02. The Bertz CT molecular complexity index is 403. The molecule has 1 aromatic carbocycles. The number of carbonyl (C=O) groups is 1. The summed E-state index contributed by atoms with van der Waals surface area (Å²) in [5.74, 6) is -0.154. The van der Waals surface area contributed by atoms with Crippen molar-refractivity contribution in [1.29, 1.82) is 0 Å². The molecule has 1 aliphatic rings. The van der Waals surface area contributed by atoms with Crippen LogP contribution in [0.2, 0.25) is 0 Å². The molecule has 0 amide bonds. The highest BCUT2D eigenvalue weighted by Gasteiger charge is 2.27. The minimum Gasteiger partial charge on any atom is -0.481 e. The molecule has 1 N–H and O–H groups in total. The molecule has 2 nitrogen and oxygen atoms in total. The molecule has 2 rings (SSSR count). The zero-order chi connectivity index (χ0) is 13.0. The number of aliphatic carboxylic acids is 1. The van der Waals surface area contributed by atoms with Gasteiger partial charge in [0, 0.05) is 0 Å². The Hall–Kier alpha value is -1.31. The molecular weight excluding hydrogens is 224 g/mol. The quantitative estimate of drug-likeness (QED) is 0.872. The van der Waals surface area contributed by atoms with Crippen LogP contribution in [0.5, 0.6) is 0 Å². The summed E-state index contributed by atoms with van der Waals surface area (Å²) in [5.41, 5.74) is 2.92. The van der Waals surface area contributed by atoms with Crippen LogP contribution >= 0.6 is 0 Å². The van der Waals surface area contributed by atoms with Gasteiger partial charge in [-0.05, 0) is 49.1 Å². The van der Waals surface area contributed by atoms with Crippen LogP contribution in [0.25, 0.3) is 0 Å². The van der Waals surface area contributed by atoms with Gasteiger partial charge in [0.15, 0.2) is 0 Å². The van der Waals surface area contributed by atoms with Crippen molar-refractivity contribution >= 4 is 5.97 Å². The van der Waals surface area contributed by atoms with Crippen LogP contribution in [-0.2, 0) is 11.2 Å². The fourth-order valence-electron chi connectivity index (χ4n) is 3.08. The lowest BCUT2D eigenvalue weighted by molar-refractivity contribution is -0.142. The Kier molecular flexibility index (Phi) is 4.40. The number of hydrogen-bond donors (Lipinski definition) is 1. The molecule has 98 valence electrons. The van der Waals surface area contributed by atoms with E-state index in [0.717, 1.165) is 32.1 Å². The molecule has 0 aliphatic heterocycles. The molecule has 1 aliphatic carbocycles. The van der Waals surface area contributed by atoms with E-state index in [1.54, 1.807) is 0 Å². The van der Waals surface area contributed by atoms with Gasteiger partial charge < -0.3 is 5.11 Å². The topological polar surface area (TPSA) is 37.3 Å². The Labute approximate surface area is 109 Å². The molecule has 0 atom stereocenters. The second-order valence-corrected chi connectivity index (χ2v) is 5.34. The molecule has 0 radical (unpaired) electrons. The lowest BCUT2D eigenvalue weighted by Crippen LogP contribution is -2.21. The summed E-state index contributed by atoms with van der Waals surface area (Å²) >= 11 is 0. The fourth-order valence-corrected chi connectivity index (χ4v) is 3.08. The second kappa shape index (κ2) is 6.03. The van der Waals surface area contributed by atoms with E-state index < -0.39 is 5.97 Å². The van der Waals surface area contributed by atoms with Crippen molar-refractivity contribution in [2.24, 2.45) is 5.92 Å². The van der Waals surface area contributed by atoms with Crippen LogP contribution in [0.15, 0.2) is 24.3 Å². The lowest BCUT2D eigenvalue weighted by atomic mass is 9.77. The minimum absolute atomic E-state index is 0.111. The van der Waals surface area contributed by atoms with Crippen molar-refractivity contribution in [2.45, 2.75) is 51.4 Å². The molecule has 1 saturated carbocycles. The third-order valence-corrected chi connectivity index (χ3v) is 4.09. The Morgan fingerprint density at radius 1 is 1.22 bits per heavy atom. The van der Waals surface area contributed by atoms with E-state index in [1.165, 1.54) is 17.5 Å². The maximum Gasteiger partial charge on any atom is 0.306 e. The van der Waals surface area contributed by atoms with Crippen molar-refractivity contribution in [1.82, 2.24) is 0 Å². The standard InChI is InChI=1S/C16H22O2/c1-2-5-12-6-3-4-7-15(12)13-8-10-14(11-9-13)16(17)18/h3-4,6-7,13-14H,2,5,8-11H2,1H3,(H,17,18). The first-order valence-electron chi connectivity index (χ1n) is 7.03. The molecule has 2 heteroatoms. The van der Waals surface area contributed by atoms with E-state index in [2.05, 4.69) is 31.2 Å². The molecule has 1 aromatic rings. The van der Waals surface area contributed by atoms with E-state index >= 15 is 0 Å². The molecule has 0 bridgehead atoms. The summed E-state index contributed by atoms with van der Waals surface area (Å²) < 4.78 is 0. The molecule has 18 heavy (non-hydrogen) atoms. The van der Waals surface area contributed by atoms with Crippen LogP contribution in [-0.4, -0.2) is 11.1 Å². The predicted molar refractivity (Wildman–Crippen MR) is 72.8 cm³/mol. The largest absolute Gasteiger partial charge is 0.481 e.